The van der Waals surface area contributed by atoms with Crippen molar-refractivity contribution in [2.24, 2.45) is 0 Å². The second-order valence-corrected chi connectivity index (χ2v) is 4.95. The highest BCUT2D eigenvalue weighted by molar-refractivity contribution is 6.30. The molecule has 2 aromatic rings. The molecule has 1 N–H and O–H groups in total. The van der Waals surface area contributed by atoms with E-state index in [2.05, 4.69) is 20.3 Å². The lowest BCUT2D eigenvalue weighted by Crippen LogP contribution is -2.17. The minimum absolute atomic E-state index is 0.562. The normalized spacial score (nSPS) is 13.9. The van der Waals surface area contributed by atoms with E-state index < -0.39 is 0 Å². The zero-order valence-corrected chi connectivity index (χ0v) is 11.9. The Hall–Kier alpha value is -1.72. The molecule has 0 radical (unpaired) electrons. The van der Waals surface area contributed by atoms with Gasteiger partial charge in [0.05, 0.1) is 23.9 Å². The number of hydrogen-bond donors (Lipinski definition) is 1. The first-order chi connectivity index (χ1) is 9.78. The van der Waals surface area contributed by atoms with Gasteiger partial charge in [-0.15, -0.1) is 0 Å². The number of fused-ring (bicyclic) bond motifs is 1. The van der Waals surface area contributed by atoms with Crippen molar-refractivity contribution in [3.63, 3.8) is 0 Å². The molecule has 0 saturated heterocycles. The Morgan fingerprint density at radius 1 is 1.35 bits per heavy atom. The van der Waals surface area contributed by atoms with E-state index in [9.17, 15) is 0 Å². The van der Waals surface area contributed by atoms with Gasteiger partial charge in [0.25, 0.3) is 0 Å². The van der Waals surface area contributed by atoms with Crippen molar-refractivity contribution in [2.75, 3.05) is 18.5 Å². The van der Waals surface area contributed by atoms with Gasteiger partial charge in [-0.25, -0.2) is 9.97 Å². The van der Waals surface area contributed by atoms with Gasteiger partial charge in [0.1, 0.15) is 11.5 Å². The Morgan fingerprint density at radius 3 is 3.00 bits per heavy atom. The van der Waals surface area contributed by atoms with Crippen LogP contribution in [0.2, 0.25) is 5.02 Å². The van der Waals surface area contributed by atoms with E-state index in [0.717, 1.165) is 35.7 Å². The maximum Gasteiger partial charge on any atom is 0.180 e. The first kappa shape index (κ1) is 13.3. The van der Waals surface area contributed by atoms with Crippen molar-refractivity contribution in [3.05, 3.63) is 34.6 Å². The molecule has 0 amide bonds. The fourth-order valence-corrected chi connectivity index (χ4v) is 2.28. The second-order valence-electron chi connectivity index (χ2n) is 4.52. The summed E-state index contributed by atoms with van der Waals surface area (Å²) < 4.78 is 5.49. The number of aromatic nitrogens is 3. The SMILES string of the molecule is CCNc1nc(-c2ccc(Cl)cn2)nc2c1COCC2. The zero-order valence-electron chi connectivity index (χ0n) is 11.2. The van der Waals surface area contributed by atoms with Crippen molar-refractivity contribution < 1.29 is 4.74 Å². The lowest BCUT2D eigenvalue weighted by atomic mass is 10.1. The fraction of sp³-hybridized carbons (Fsp3) is 0.357. The largest absolute Gasteiger partial charge is 0.376 e. The van der Waals surface area contributed by atoms with Crippen LogP contribution in [0.15, 0.2) is 18.3 Å². The van der Waals surface area contributed by atoms with Gasteiger partial charge < -0.3 is 10.1 Å². The summed E-state index contributed by atoms with van der Waals surface area (Å²) in [6.45, 7) is 4.10. The first-order valence-electron chi connectivity index (χ1n) is 6.61. The summed E-state index contributed by atoms with van der Waals surface area (Å²) >= 11 is 5.86. The minimum atomic E-state index is 0.562. The highest BCUT2D eigenvalue weighted by Crippen LogP contribution is 2.25. The summed E-state index contributed by atoms with van der Waals surface area (Å²) in [6.07, 6.45) is 2.41. The standard InChI is InChI=1S/C14H15ClN4O/c1-2-16-13-10-8-20-6-5-11(10)18-14(19-13)12-4-3-9(15)7-17-12/h3-4,7H,2,5-6,8H2,1H3,(H,16,18,19). The molecule has 0 unspecified atom stereocenters. The summed E-state index contributed by atoms with van der Waals surface area (Å²) in [7, 11) is 0. The number of hydrogen-bond acceptors (Lipinski definition) is 5. The van der Waals surface area contributed by atoms with Crippen LogP contribution in [0, 0.1) is 0 Å². The van der Waals surface area contributed by atoms with E-state index in [4.69, 9.17) is 16.3 Å². The van der Waals surface area contributed by atoms with Gasteiger partial charge in [-0.2, -0.15) is 0 Å². The average molecular weight is 291 g/mol. The number of rotatable bonds is 3. The predicted molar refractivity (Wildman–Crippen MR) is 77.8 cm³/mol. The van der Waals surface area contributed by atoms with Crippen LogP contribution in [0.3, 0.4) is 0 Å². The van der Waals surface area contributed by atoms with Gasteiger partial charge in [-0.3, -0.25) is 4.98 Å². The molecule has 104 valence electrons. The molecule has 0 fully saturated rings. The Balaban J connectivity index is 2.07. The molecular formula is C14H15ClN4O. The van der Waals surface area contributed by atoms with Gasteiger partial charge >= 0.3 is 0 Å². The van der Waals surface area contributed by atoms with Crippen molar-refractivity contribution in [3.8, 4) is 11.5 Å². The van der Waals surface area contributed by atoms with Crippen LogP contribution >= 0.6 is 11.6 Å². The summed E-state index contributed by atoms with van der Waals surface area (Å²) in [5.41, 5.74) is 2.81. The molecule has 0 aliphatic carbocycles. The first-order valence-corrected chi connectivity index (χ1v) is 6.99. The topological polar surface area (TPSA) is 59.9 Å². The van der Waals surface area contributed by atoms with E-state index in [-0.39, 0.29) is 0 Å². The summed E-state index contributed by atoms with van der Waals surface area (Å²) in [5, 5.41) is 3.88. The van der Waals surface area contributed by atoms with E-state index in [0.29, 0.717) is 24.1 Å². The molecule has 0 saturated carbocycles. The predicted octanol–water partition coefficient (Wildman–Crippen LogP) is 2.70. The van der Waals surface area contributed by atoms with Gasteiger partial charge in [0.2, 0.25) is 0 Å². The van der Waals surface area contributed by atoms with E-state index in [1.807, 2.05) is 13.0 Å². The van der Waals surface area contributed by atoms with Crippen molar-refractivity contribution in [2.45, 2.75) is 20.0 Å². The molecule has 0 spiro atoms. The van der Waals surface area contributed by atoms with Crippen LogP contribution in [0.4, 0.5) is 5.82 Å². The van der Waals surface area contributed by atoms with Crippen LogP contribution in [0.1, 0.15) is 18.2 Å². The van der Waals surface area contributed by atoms with Gasteiger partial charge in [0, 0.05) is 24.7 Å². The second kappa shape index (κ2) is 5.73. The monoisotopic (exact) mass is 290 g/mol. The molecule has 2 aromatic heterocycles. The summed E-state index contributed by atoms with van der Waals surface area (Å²) in [4.78, 5) is 13.5. The third-order valence-electron chi connectivity index (χ3n) is 3.12. The summed E-state index contributed by atoms with van der Waals surface area (Å²) in [5.74, 6) is 1.46. The van der Waals surface area contributed by atoms with Crippen molar-refractivity contribution in [1.82, 2.24) is 15.0 Å². The number of nitrogens with zero attached hydrogens (tertiary/aromatic N) is 3. The maximum atomic E-state index is 5.86. The number of nitrogens with one attached hydrogen (secondary N) is 1. The molecule has 6 heteroatoms. The molecule has 0 aromatic carbocycles. The van der Waals surface area contributed by atoms with E-state index in [1.54, 1.807) is 12.3 Å². The third-order valence-corrected chi connectivity index (χ3v) is 3.35. The average Bonchev–Trinajstić information content (AvgIpc) is 2.48. The van der Waals surface area contributed by atoms with E-state index >= 15 is 0 Å². The third kappa shape index (κ3) is 2.59. The highest BCUT2D eigenvalue weighted by Gasteiger charge is 2.18. The molecule has 20 heavy (non-hydrogen) atoms. The van der Waals surface area contributed by atoms with Crippen LogP contribution in [0.5, 0.6) is 0 Å². The molecule has 3 heterocycles. The molecule has 1 aliphatic heterocycles. The number of anilines is 1. The molecule has 1 aliphatic rings. The Labute approximate surface area is 122 Å². The lowest BCUT2D eigenvalue weighted by molar-refractivity contribution is 0.109. The van der Waals surface area contributed by atoms with Gasteiger partial charge in [0.15, 0.2) is 5.82 Å². The number of pyridine rings is 1. The molecular weight excluding hydrogens is 276 g/mol. The molecule has 3 rings (SSSR count). The smallest absolute Gasteiger partial charge is 0.180 e. The summed E-state index contributed by atoms with van der Waals surface area (Å²) in [6, 6.07) is 3.63. The van der Waals surface area contributed by atoms with E-state index in [1.165, 1.54) is 0 Å². The van der Waals surface area contributed by atoms with Crippen molar-refractivity contribution >= 4 is 17.4 Å². The van der Waals surface area contributed by atoms with Crippen LogP contribution in [0.25, 0.3) is 11.5 Å². The lowest BCUT2D eigenvalue weighted by Gasteiger charge is -2.19. The molecule has 0 atom stereocenters. The zero-order chi connectivity index (χ0) is 13.9. The van der Waals surface area contributed by atoms with Gasteiger partial charge in [-0.1, -0.05) is 11.6 Å². The maximum absolute atomic E-state index is 5.86. The molecule has 5 nitrogen and oxygen atoms in total. The van der Waals surface area contributed by atoms with Crippen molar-refractivity contribution in [1.29, 1.82) is 0 Å². The number of ether oxygens (including phenoxy) is 1. The quantitative estimate of drug-likeness (QED) is 0.942. The Bertz CT molecular complexity index is 615. The Morgan fingerprint density at radius 2 is 2.25 bits per heavy atom. The highest BCUT2D eigenvalue weighted by atomic mass is 35.5. The number of halogens is 1. The minimum Gasteiger partial charge on any atom is -0.376 e. The van der Waals surface area contributed by atoms with Crippen LogP contribution < -0.4 is 5.32 Å². The van der Waals surface area contributed by atoms with Gasteiger partial charge in [-0.05, 0) is 19.1 Å². The fourth-order valence-electron chi connectivity index (χ4n) is 2.17. The Kier molecular flexibility index (Phi) is 3.80. The van der Waals surface area contributed by atoms with Crippen LogP contribution in [-0.4, -0.2) is 28.1 Å². The molecule has 0 bridgehead atoms. The van der Waals surface area contributed by atoms with Crippen LogP contribution in [-0.2, 0) is 17.8 Å².